The Bertz CT molecular complexity index is 678. The summed E-state index contributed by atoms with van der Waals surface area (Å²) in [7, 11) is -3.69. The smallest absolute Gasteiger partial charge is 0.239 e. The molecule has 2 fully saturated rings. The van der Waals surface area contributed by atoms with Gasteiger partial charge >= 0.3 is 0 Å². The molecule has 1 amide bonds. The van der Waals surface area contributed by atoms with E-state index in [1.807, 2.05) is 0 Å². The summed E-state index contributed by atoms with van der Waals surface area (Å²) in [6.07, 6.45) is 2.05. The molecule has 6 nitrogen and oxygen atoms in total. The van der Waals surface area contributed by atoms with Crippen LogP contribution in [0.2, 0.25) is 0 Å². The fraction of sp³-hybridized carbons (Fsp3) is 0.333. The van der Waals surface area contributed by atoms with E-state index in [2.05, 4.69) is 4.99 Å². The number of nitrogens with two attached hydrogens (primary N) is 1. The Morgan fingerprint density at radius 2 is 1.90 bits per heavy atom. The Hall–Kier alpha value is -1.38. The lowest BCUT2D eigenvalue weighted by Crippen LogP contribution is -2.31. The van der Waals surface area contributed by atoms with Crippen molar-refractivity contribution in [2.75, 3.05) is 5.75 Å². The Balaban J connectivity index is 1.86. The number of benzene rings is 1. The van der Waals surface area contributed by atoms with Crippen molar-refractivity contribution in [2.45, 2.75) is 23.8 Å². The summed E-state index contributed by atoms with van der Waals surface area (Å²) < 4.78 is 22.3. The van der Waals surface area contributed by atoms with Crippen molar-refractivity contribution < 1.29 is 13.2 Å². The zero-order valence-corrected chi connectivity index (χ0v) is 12.2. The number of rotatable bonds is 3. The second-order valence-electron chi connectivity index (χ2n) is 4.72. The number of carbonyl (C=O) groups excluding carboxylic acids is 1. The van der Waals surface area contributed by atoms with Crippen LogP contribution in [0.1, 0.15) is 12.8 Å². The van der Waals surface area contributed by atoms with Crippen molar-refractivity contribution >= 4 is 38.5 Å². The predicted octanol–water partition coefficient (Wildman–Crippen LogP) is 1.06. The number of carbonyl (C=O) groups is 1. The maximum absolute atomic E-state index is 11.8. The molecule has 0 unspecified atom stereocenters. The Morgan fingerprint density at radius 1 is 1.25 bits per heavy atom. The maximum atomic E-state index is 11.8. The SMILES string of the molecule is NS(=O)(=O)c1ccc(N=C2SCC(=O)N2C2CC2)cc1. The highest BCUT2D eigenvalue weighted by molar-refractivity contribution is 8.15. The van der Waals surface area contributed by atoms with E-state index in [1.165, 1.54) is 23.9 Å². The maximum Gasteiger partial charge on any atom is 0.239 e. The number of nitrogens with zero attached hydrogens (tertiary/aromatic N) is 2. The summed E-state index contributed by atoms with van der Waals surface area (Å²) >= 11 is 1.41. The van der Waals surface area contributed by atoms with Crippen LogP contribution in [0.3, 0.4) is 0 Å². The predicted molar refractivity (Wildman–Crippen MR) is 77.2 cm³/mol. The summed E-state index contributed by atoms with van der Waals surface area (Å²) in [4.78, 5) is 18.0. The molecule has 0 aromatic heterocycles. The van der Waals surface area contributed by atoms with Crippen molar-refractivity contribution in [3.05, 3.63) is 24.3 Å². The summed E-state index contributed by atoms with van der Waals surface area (Å²) in [5.74, 6) is 0.516. The molecule has 20 heavy (non-hydrogen) atoms. The van der Waals surface area contributed by atoms with Crippen LogP contribution in [0, 0.1) is 0 Å². The zero-order valence-electron chi connectivity index (χ0n) is 10.5. The van der Waals surface area contributed by atoms with Gasteiger partial charge in [-0.25, -0.2) is 18.5 Å². The third-order valence-corrected chi connectivity index (χ3v) is 4.97. The molecule has 106 valence electrons. The van der Waals surface area contributed by atoms with E-state index in [1.54, 1.807) is 17.0 Å². The fourth-order valence-corrected chi connectivity index (χ4v) is 3.44. The lowest BCUT2D eigenvalue weighted by Gasteiger charge is -2.14. The van der Waals surface area contributed by atoms with E-state index in [0.717, 1.165) is 12.8 Å². The quantitative estimate of drug-likeness (QED) is 0.903. The van der Waals surface area contributed by atoms with Crippen molar-refractivity contribution in [3.63, 3.8) is 0 Å². The minimum absolute atomic E-state index is 0.0515. The van der Waals surface area contributed by atoms with Crippen LogP contribution in [0.15, 0.2) is 34.2 Å². The average Bonchev–Trinajstić information content (AvgIpc) is 3.15. The molecule has 0 atom stereocenters. The van der Waals surface area contributed by atoms with Crippen molar-refractivity contribution in [1.29, 1.82) is 0 Å². The highest BCUT2D eigenvalue weighted by Crippen LogP contribution is 2.35. The van der Waals surface area contributed by atoms with Crippen LogP contribution < -0.4 is 5.14 Å². The Morgan fingerprint density at radius 3 is 2.45 bits per heavy atom. The second-order valence-corrected chi connectivity index (χ2v) is 7.22. The highest BCUT2D eigenvalue weighted by atomic mass is 32.2. The molecular formula is C12H13N3O3S2. The molecule has 0 spiro atoms. The van der Waals surface area contributed by atoms with E-state index in [4.69, 9.17) is 5.14 Å². The van der Waals surface area contributed by atoms with Crippen LogP contribution in [0.5, 0.6) is 0 Å². The molecule has 1 heterocycles. The van der Waals surface area contributed by atoms with Gasteiger partial charge in [-0.15, -0.1) is 0 Å². The number of primary sulfonamides is 1. The molecule has 3 rings (SSSR count). The van der Waals surface area contributed by atoms with Gasteiger partial charge in [-0.2, -0.15) is 0 Å². The number of amidine groups is 1. The number of sulfonamides is 1. The summed E-state index contributed by atoms with van der Waals surface area (Å²) in [6.45, 7) is 0. The molecular weight excluding hydrogens is 298 g/mol. The third kappa shape index (κ3) is 2.72. The summed E-state index contributed by atoms with van der Waals surface area (Å²) in [5.41, 5.74) is 0.611. The molecule has 0 bridgehead atoms. The van der Waals surface area contributed by atoms with E-state index in [9.17, 15) is 13.2 Å². The topological polar surface area (TPSA) is 92.8 Å². The first-order valence-corrected chi connectivity index (χ1v) is 8.65. The monoisotopic (exact) mass is 311 g/mol. The Labute approximate surface area is 121 Å². The number of aliphatic imine (C=N–C) groups is 1. The molecule has 2 N–H and O–H groups in total. The van der Waals surface area contributed by atoms with E-state index in [0.29, 0.717) is 22.6 Å². The average molecular weight is 311 g/mol. The van der Waals surface area contributed by atoms with Gasteiger partial charge in [0.2, 0.25) is 15.9 Å². The molecule has 1 aromatic carbocycles. The van der Waals surface area contributed by atoms with Crippen molar-refractivity contribution in [2.24, 2.45) is 10.1 Å². The van der Waals surface area contributed by atoms with Crippen LogP contribution >= 0.6 is 11.8 Å². The first-order chi connectivity index (χ1) is 9.45. The number of hydrogen-bond acceptors (Lipinski definition) is 5. The van der Waals surface area contributed by atoms with Gasteiger partial charge in [0, 0.05) is 6.04 Å². The van der Waals surface area contributed by atoms with Crippen molar-refractivity contribution in [1.82, 2.24) is 4.90 Å². The molecule has 1 aromatic rings. The first kappa shape index (κ1) is 13.6. The molecule has 1 saturated heterocycles. The number of thioether (sulfide) groups is 1. The van der Waals surface area contributed by atoms with Gasteiger partial charge in [-0.1, -0.05) is 11.8 Å². The Kier molecular flexibility index (Phi) is 3.31. The van der Waals surface area contributed by atoms with E-state index < -0.39 is 10.0 Å². The minimum Gasteiger partial charge on any atom is -0.287 e. The molecule has 1 aliphatic heterocycles. The van der Waals surface area contributed by atoms with Crippen LogP contribution in [0.4, 0.5) is 5.69 Å². The van der Waals surface area contributed by atoms with E-state index in [-0.39, 0.29) is 10.8 Å². The third-order valence-electron chi connectivity index (χ3n) is 3.10. The van der Waals surface area contributed by atoms with Crippen molar-refractivity contribution in [3.8, 4) is 0 Å². The normalized spacial score (nSPS) is 21.8. The zero-order chi connectivity index (χ0) is 14.3. The van der Waals surface area contributed by atoms with Gasteiger partial charge in [0.05, 0.1) is 16.3 Å². The lowest BCUT2D eigenvalue weighted by molar-refractivity contribution is -0.124. The summed E-state index contributed by atoms with van der Waals surface area (Å²) in [6, 6.07) is 6.29. The first-order valence-electron chi connectivity index (χ1n) is 6.11. The standard InChI is InChI=1S/C12H13N3O3S2/c13-20(17,18)10-5-1-8(2-6-10)14-12-15(9-3-4-9)11(16)7-19-12/h1-2,5-6,9H,3-4,7H2,(H2,13,17,18). The number of amides is 1. The second kappa shape index (κ2) is 4.87. The molecule has 1 saturated carbocycles. The van der Waals surface area contributed by atoms with Gasteiger partial charge in [-0.3, -0.25) is 9.69 Å². The van der Waals surface area contributed by atoms with Gasteiger partial charge < -0.3 is 0 Å². The molecule has 2 aliphatic rings. The van der Waals surface area contributed by atoms with Gasteiger partial charge in [0.15, 0.2) is 5.17 Å². The van der Waals surface area contributed by atoms with Gasteiger partial charge in [-0.05, 0) is 37.1 Å². The minimum atomic E-state index is -3.69. The lowest BCUT2D eigenvalue weighted by atomic mass is 10.3. The molecule has 1 aliphatic carbocycles. The van der Waals surface area contributed by atoms with Gasteiger partial charge in [0.25, 0.3) is 0 Å². The number of hydrogen-bond donors (Lipinski definition) is 1. The highest BCUT2D eigenvalue weighted by Gasteiger charge is 2.39. The van der Waals surface area contributed by atoms with Crippen LogP contribution in [-0.2, 0) is 14.8 Å². The molecule has 0 radical (unpaired) electrons. The van der Waals surface area contributed by atoms with E-state index >= 15 is 0 Å². The fourth-order valence-electron chi connectivity index (χ4n) is 1.97. The van der Waals surface area contributed by atoms with Crippen LogP contribution in [0.25, 0.3) is 0 Å². The summed E-state index contributed by atoms with van der Waals surface area (Å²) in [5, 5.41) is 5.73. The van der Waals surface area contributed by atoms with Crippen LogP contribution in [-0.4, -0.2) is 36.2 Å². The molecule has 8 heteroatoms. The van der Waals surface area contributed by atoms with Gasteiger partial charge in [0.1, 0.15) is 0 Å². The largest absolute Gasteiger partial charge is 0.287 e.